The van der Waals surface area contributed by atoms with E-state index in [2.05, 4.69) is 43.4 Å². The zero-order valence-electron chi connectivity index (χ0n) is 13.9. The van der Waals surface area contributed by atoms with E-state index in [9.17, 15) is 0 Å². The lowest BCUT2D eigenvalue weighted by Crippen LogP contribution is -2.25. The van der Waals surface area contributed by atoms with Crippen molar-refractivity contribution in [3.8, 4) is 0 Å². The molecule has 0 radical (unpaired) electrons. The van der Waals surface area contributed by atoms with Crippen LogP contribution in [0.5, 0.6) is 0 Å². The molecule has 0 aliphatic heterocycles. The van der Waals surface area contributed by atoms with E-state index in [1.807, 2.05) is 0 Å². The molecule has 0 fully saturated rings. The third kappa shape index (κ3) is 8.20. The van der Waals surface area contributed by atoms with Crippen LogP contribution in [-0.4, -0.2) is 40.0 Å². The number of nitrogens with one attached hydrogen (secondary N) is 1. The number of methoxy groups -OCH3 is 1. The zero-order chi connectivity index (χ0) is 15.3. The Bertz CT molecular complexity index is 368. The van der Waals surface area contributed by atoms with Crippen LogP contribution in [0.4, 0.5) is 0 Å². The van der Waals surface area contributed by atoms with Gasteiger partial charge < -0.3 is 14.8 Å². The van der Waals surface area contributed by atoms with Gasteiger partial charge in [0.2, 0.25) is 0 Å². The molecule has 3 nitrogen and oxygen atoms in total. The van der Waals surface area contributed by atoms with E-state index in [0.717, 1.165) is 52.2 Å². The monoisotopic (exact) mass is 293 g/mol. The Kier molecular flexibility index (Phi) is 10.1. The third-order valence-corrected chi connectivity index (χ3v) is 3.76. The average Bonchev–Trinajstić information content (AvgIpc) is 2.50. The van der Waals surface area contributed by atoms with E-state index in [-0.39, 0.29) is 0 Å². The Morgan fingerprint density at radius 1 is 1.14 bits per heavy atom. The van der Waals surface area contributed by atoms with Gasteiger partial charge in [-0.3, -0.25) is 0 Å². The highest BCUT2D eigenvalue weighted by atomic mass is 16.5. The number of hydrogen-bond donors (Lipinski definition) is 1. The van der Waals surface area contributed by atoms with Crippen LogP contribution in [-0.2, 0) is 15.9 Å². The normalized spacial score (nSPS) is 12.5. The number of benzene rings is 1. The van der Waals surface area contributed by atoms with E-state index in [0.29, 0.717) is 5.92 Å². The van der Waals surface area contributed by atoms with Crippen LogP contribution in [0.2, 0.25) is 0 Å². The lowest BCUT2D eigenvalue weighted by molar-refractivity contribution is 0.0935. The molecule has 0 aliphatic carbocycles. The molecule has 0 bridgehead atoms. The van der Waals surface area contributed by atoms with Crippen LogP contribution in [0, 0.1) is 12.8 Å². The average molecular weight is 293 g/mol. The van der Waals surface area contributed by atoms with Crippen molar-refractivity contribution in [2.45, 2.75) is 33.1 Å². The van der Waals surface area contributed by atoms with Crippen LogP contribution in [0.3, 0.4) is 0 Å². The quantitative estimate of drug-likeness (QED) is 0.600. The summed E-state index contributed by atoms with van der Waals surface area (Å²) in [6, 6.07) is 8.68. The van der Waals surface area contributed by atoms with Gasteiger partial charge in [-0.15, -0.1) is 0 Å². The van der Waals surface area contributed by atoms with Gasteiger partial charge in [-0.25, -0.2) is 0 Å². The minimum absolute atomic E-state index is 0.633. The summed E-state index contributed by atoms with van der Waals surface area (Å²) in [5.74, 6) is 0.633. The molecule has 0 saturated carbocycles. The molecule has 0 aromatic heterocycles. The van der Waals surface area contributed by atoms with Crippen LogP contribution in [0.15, 0.2) is 24.3 Å². The molecule has 0 heterocycles. The second-order valence-corrected chi connectivity index (χ2v) is 5.55. The van der Waals surface area contributed by atoms with Gasteiger partial charge in [0.15, 0.2) is 0 Å². The number of hydrogen-bond acceptors (Lipinski definition) is 3. The van der Waals surface area contributed by atoms with Gasteiger partial charge >= 0.3 is 0 Å². The van der Waals surface area contributed by atoms with Gasteiger partial charge in [0, 0.05) is 26.9 Å². The predicted molar refractivity (Wildman–Crippen MR) is 88.8 cm³/mol. The molecule has 1 rings (SSSR count). The van der Waals surface area contributed by atoms with E-state index >= 15 is 0 Å². The first kappa shape index (κ1) is 18.1. The fourth-order valence-electron chi connectivity index (χ4n) is 2.43. The Balaban J connectivity index is 2.35. The number of ether oxygens (including phenoxy) is 2. The smallest absolute Gasteiger partial charge is 0.0487 e. The van der Waals surface area contributed by atoms with Crippen LogP contribution in [0.1, 0.15) is 30.9 Å². The van der Waals surface area contributed by atoms with Gasteiger partial charge in [-0.05, 0) is 56.3 Å². The maximum Gasteiger partial charge on any atom is 0.0487 e. The fraction of sp³-hybridized carbons (Fsp3) is 0.667. The molecule has 1 aromatic carbocycles. The summed E-state index contributed by atoms with van der Waals surface area (Å²) < 4.78 is 10.7. The van der Waals surface area contributed by atoms with E-state index in [1.165, 1.54) is 11.1 Å². The van der Waals surface area contributed by atoms with Gasteiger partial charge in [-0.2, -0.15) is 0 Å². The Morgan fingerprint density at radius 3 is 2.67 bits per heavy atom. The molecular formula is C18H31NO2. The lowest BCUT2D eigenvalue weighted by atomic mass is 9.94. The summed E-state index contributed by atoms with van der Waals surface area (Å²) in [6.45, 7) is 8.86. The second kappa shape index (κ2) is 11.7. The van der Waals surface area contributed by atoms with E-state index in [4.69, 9.17) is 9.47 Å². The molecule has 120 valence electrons. The number of rotatable bonds is 12. The Morgan fingerprint density at radius 2 is 1.95 bits per heavy atom. The molecular weight excluding hydrogens is 262 g/mol. The first-order valence-electron chi connectivity index (χ1n) is 8.09. The van der Waals surface area contributed by atoms with Gasteiger partial charge in [0.1, 0.15) is 0 Å². The van der Waals surface area contributed by atoms with Crippen molar-refractivity contribution in [3.05, 3.63) is 35.4 Å². The molecule has 1 N–H and O–H groups in total. The van der Waals surface area contributed by atoms with E-state index in [1.54, 1.807) is 7.11 Å². The lowest BCUT2D eigenvalue weighted by Gasteiger charge is -2.18. The van der Waals surface area contributed by atoms with Crippen molar-refractivity contribution in [1.29, 1.82) is 0 Å². The topological polar surface area (TPSA) is 30.5 Å². The number of aryl methyl sites for hydroxylation is 1. The van der Waals surface area contributed by atoms with Crippen molar-refractivity contribution in [1.82, 2.24) is 5.32 Å². The minimum atomic E-state index is 0.633. The van der Waals surface area contributed by atoms with E-state index < -0.39 is 0 Å². The fourth-order valence-corrected chi connectivity index (χ4v) is 2.43. The molecule has 21 heavy (non-hydrogen) atoms. The molecule has 1 atom stereocenters. The minimum Gasteiger partial charge on any atom is -0.385 e. The summed E-state index contributed by atoms with van der Waals surface area (Å²) in [5, 5.41) is 3.47. The molecule has 3 heteroatoms. The highest BCUT2D eigenvalue weighted by molar-refractivity contribution is 5.25. The second-order valence-electron chi connectivity index (χ2n) is 5.55. The molecule has 0 spiro atoms. The van der Waals surface area contributed by atoms with Crippen molar-refractivity contribution in [2.75, 3.05) is 40.0 Å². The molecule has 1 unspecified atom stereocenters. The SMILES string of the molecule is CCNCC(CCOCCCOC)Cc1ccccc1C. The molecule has 1 aromatic rings. The van der Waals surface area contributed by atoms with Crippen molar-refractivity contribution in [3.63, 3.8) is 0 Å². The highest BCUT2D eigenvalue weighted by Crippen LogP contribution is 2.15. The molecule has 0 aliphatic rings. The van der Waals surface area contributed by atoms with Gasteiger partial charge in [-0.1, -0.05) is 31.2 Å². The predicted octanol–water partition coefficient (Wildman–Crippen LogP) is 3.21. The zero-order valence-corrected chi connectivity index (χ0v) is 13.9. The Hall–Kier alpha value is -0.900. The molecule has 0 amide bonds. The van der Waals surface area contributed by atoms with Crippen LogP contribution >= 0.6 is 0 Å². The molecule has 0 saturated heterocycles. The summed E-state index contributed by atoms with van der Waals surface area (Å²) >= 11 is 0. The summed E-state index contributed by atoms with van der Waals surface area (Å²) in [4.78, 5) is 0. The summed E-state index contributed by atoms with van der Waals surface area (Å²) in [7, 11) is 1.73. The third-order valence-electron chi connectivity index (χ3n) is 3.76. The van der Waals surface area contributed by atoms with Crippen molar-refractivity contribution < 1.29 is 9.47 Å². The highest BCUT2D eigenvalue weighted by Gasteiger charge is 2.10. The maximum atomic E-state index is 5.71. The Labute approximate surface area is 130 Å². The largest absolute Gasteiger partial charge is 0.385 e. The van der Waals surface area contributed by atoms with Crippen LogP contribution in [0.25, 0.3) is 0 Å². The standard InChI is InChI=1S/C18H31NO2/c1-4-19-15-17(10-13-21-12-7-11-20-3)14-18-9-6-5-8-16(18)2/h5-6,8-9,17,19H,4,7,10-15H2,1-3H3. The summed E-state index contributed by atoms with van der Waals surface area (Å²) in [6.07, 6.45) is 3.21. The first-order valence-corrected chi connectivity index (χ1v) is 8.09. The van der Waals surface area contributed by atoms with Gasteiger partial charge in [0.05, 0.1) is 0 Å². The first-order chi connectivity index (χ1) is 10.3. The van der Waals surface area contributed by atoms with Crippen molar-refractivity contribution >= 4 is 0 Å². The van der Waals surface area contributed by atoms with Gasteiger partial charge in [0.25, 0.3) is 0 Å². The summed E-state index contributed by atoms with van der Waals surface area (Å²) in [5.41, 5.74) is 2.85. The van der Waals surface area contributed by atoms with Crippen molar-refractivity contribution in [2.24, 2.45) is 5.92 Å². The maximum absolute atomic E-state index is 5.71. The van der Waals surface area contributed by atoms with Crippen LogP contribution < -0.4 is 5.32 Å².